The molecule has 20 heavy (non-hydrogen) atoms. The van der Waals surface area contributed by atoms with Gasteiger partial charge in [-0.3, -0.25) is 10.1 Å². The van der Waals surface area contributed by atoms with Crippen molar-refractivity contribution in [3.05, 3.63) is 58.4 Å². The summed E-state index contributed by atoms with van der Waals surface area (Å²) < 4.78 is 5.51. The van der Waals surface area contributed by atoms with Crippen molar-refractivity contribution in [2.45, 2.75) is 0 Å². The third kappa shape index (κ3) is 2.80. The van der Waals surface area contributed by atoms with E-state index in [-0.39, 0.29) is 23.0 Å². The first-order valence-electron chi connectivity index (χ1n) is 5.47. The molecule has 0 fully saturated rings. The van der Waals surface area contributed by atoms with E-state index in [1.165, 1.54) is 30.5 Å². The number of non-ortho nitro benzene ring substituents is 1. The summed E-state index contributed by atoms with van der Waals surface area (Å²) in [6, 6.07) is 8.72. The van der Waals surface area contributed by atoms with Crippen molar-refractivity contribution in [2.24, 2.45) is 10.9 Å². The molecule has 0 saturated carbocycles. The molecule has 0 unspecified atom stereocenters. The molecule has 1 aromatic carbocycles. The van der Waals surface area contributed by atoms with Crippen LogP contribution in [0.25, 0.3) is 0 Å². The molecule has 0 atom stereocenters. The number of nitrogens with two attached hydrogens (primary N) is 1. The summed E-state index contributed by atoms with van der Waals surface area (Å²) in [4.78, 5) is 14.0. The van der Waals surface area contributed by atoms with Gasteiger partial charge < -0.3 is 15.7 Å². The fraction of sp³-hybridized carbons (Fsp3) is 0. The summed E-state index contributed by atoms with van der Waals surface area (Å²) in [6.07, 6.45) is 1.47. The van der Waals surface area contributed by atoms with Crippen LogP contribution in [-0.4, -0.2) is 21.0 Å². The first-order chi connectivity index (χ1) is 9.61. The Morgan fingerprint density at radius 3 is 2.65 bits per heavy atom. The lowest BCUT2D eigenvalue weighted by molar-refractivity contribution is -0.384. The molecule has 0 aliphatic heterocycles. The highest BCUT2D eigenvalue weighted by molar-refractivity contribution is 5.97. The van der Waals surface area contributed by atoms with Gasteiger partial charge in [-0.1, -0.05) is 5.16 Å². The molecule has 2 aromatic rings. The van der Waals surface area contributed by atoms with Gasteiger partial charge in [-0.25, -0.2) is 4.98 Å². The summed E-state index contributed by atoms with van der Waals surface area (Å²) >= 11 is 0. The minimum absolute atomic E-state index is 0.0415. The van der Waals surface area contributed by atoms with E-state index in [1.807, 2.05) is 0 Å². The minimum atomic E-state index is -0.504. The number of oxime groups is 1. The number of benzene rings is 1. The third-order valence-electron chi connectivity index (χ3n) is 2.40. The van der Waals surface area contributed by atoms with Crippen LogP contribution in [0.4, 0.5) is 5.69 Å². The first-order valence-corrected chi connectivity index (χ1v) is 5.47. The Hall–Kier alpha value is -3.16. The maximum atomic E-state index is 10.5. The quantitative estimate of drug-likeness (QED) is 0.288. The summed E-state index contributed by atoms with van der Waals surface area (Å²) in [7, 11) is 0. The molecule has 0 radical (unpaired) electrons. The van der Waals surface area contributed by atoms with E-state index < -0.39 is 4.92 Å². The maximum Gasteiger partial charge on any atom is 0.269 e. The molecule has 102 valence electrons. The highest BCUT2D eigenvalue weighted by Crippen LogP contribution is 2.25. The van der Waals surface area contributed by atoms with Crippen LogP contribution in [0, 0.1) is 10.1 Å². The number of amidine groups is 1. The van der Waals surface area contributed by atoms with Gasteiger partial charge in [0.1, 0.15) is 5.75 Å². The Balaban J connectivity index is 2.28. The predicted octanol–water partition coefficient (Wildman–Crippen LogP) is 1.88. The maximum absolute atomic E-state index is 10.5. The smallest absolute Gasteiger partial charge is 0.269 e. The Morgan fingerprint density at radius 1 is 1.35 bits per heavy atom. The second-order valence-corrected chi connectivity index (χ2v) is 3.69. The van der Waals surface area contributed by atoms with Crippen LogP contribution in [0.5, 0.6) is 11.5 Å². The van der Waals surface area contributed by atoms with Crippen LogP contribution >= 0.6 is 0 Å². The zero-order valence-electron chi connectivity index (χ0n) is 10.1. The van der Waals surface area contributed by atoms with E-state index in [2.05, 4.69) is 10.1 Å². The molecule has 0 aliphatic carbocycles. The molecular formula is C12H10N4O4. The fourth-order valence-corrected chi connectivity index (χ4v) is 1.48. The highest BCUT2D eigenvalue weighted by Gasteiger charge is 2.11. The summed E-state index contributed by atoms with van der Waals surface area (Å²) in [5.74, 6) is 0.453. The van der Waals surface area contributed by atoms with E-state index >= 15 is 0 Å². The third-order valence-corrected chi connectivity index (χ3v) is 2.40. The van der Waals surface area contributed by atoms with Gasteiger partial charge in [0.05, 0.1) is 4.92 Å². The van der Waals surface area contributed by atoms with Crippen molar-refractivity contribution < 1.29 is 14.9 Å². The zero-order valence-corrected chi connectivity index (χ0v) is 10.1. The van der Waals surface area contributed by atoms with Crippen LogP contribution in [0.1, 0.15) is 5.69 Å². The average molecular weight is 274 g/mol. The Labute approximate surface area is 113 Å². The lowest BCUT2D eigenvalue weighted by atomic mass is 10.3. The van der Waals surface area contributed by atoms with Crippen molar-refractivity contribution in [3.8, 4) is 11.5 Å². The minimum Gasteiger partial charge on any atom is -0.455 e. The predicted molar refractivity (Wildman–Crippen MR) is 69.9 cm³/mol. The van der Waals surface area contributed by atoms with Crippen LogP contribution in [0.2, 0.25) is 0 Å². The van der Waals surface area contributed by atoms with Gasteiger partial charge >= 0.3 is 0 Å². The number of pyridine rings is 1. The molecule has 2 rings (SSSR count). The molecule has 0 spiro atoms. The van der Waals surface area contributed by atoms with Crippen molar-refractivity contribution in [1.82, 2.24) is 4.98 Å². The second-order valence-electron chi connectivity index (χ2n) is 3.69. The van der Waals surface area contributed by atoms with Crippen molar-refractivity contribution >= 4 is 11.5 Å². The number of nitrogens with zero attached hydrogens (tertiary/aromatic N) is 3. The molecule has 0 bridgehead atoms. The van der Waals surface area contributed by atoms with Gasteiger partial charge in [-0.15, -0.1) is 0 Å². The average Bonchev–Trinajstić information content (AvgIpc) is 2.47. The summed E-state index contributed by atoms with van der Waals surface area (Å²) in [5, 5.41) is 22.1. The monoisotopic (exact) mass is 274 g/mol. The molecule has 8 nitrogen and oxygen atoms in total. The van der Waals surface area contributed by atoms with Gasteiger partial charge in [0.2, 0.25) is 0 Å². The Morgan fingerprint density at radius 2 is 2.05 bits per heavy atom. The number of hydrogen-bond donors (Lipinski definition) is 2. The van der Waals surface area contributed by atoms with Crippen molar-refractivity contribution in [1.29, 1.82) is 0 Å². The number of nitro groups is 1. The van der Waals surface area contributed by atoms with Gasteiger partial charge in [-0.2, -0.15) is 0 Å². The van der Waals surface area contributed by atoms with E-state index in [0.29, 0.717) is 5.75 Å². The zero-order chi connectivity index (χ0) is 14.5. The van der Waals surface area contributed by atoms with Gasteiger partial charge in [-0.05, 0) is 24.3 Å². The molecular weight excluding hydrogens is 264 g/mol. The van der Waals surface area contributed by atoms with Crippen molar-refractivity contribution in [3.63, 3.8) is 0 Å². The van der Waals surface area contributed by atoms with Crippen LogP contribution in [0.15, 0.2) is 47.8 Å². The molecule has 0 saturated heterocycles. The summed E-state index contributed by atoms with van der Waals surface area (Å²) in [6.45, 7) is 0. The van der Waals surface area contributed by atoms with Crippen LogP contribution in [0.3, 0.4) is 0 Å². The molecule has 1 heterocycles. The van der Waals surface area contributed by atoms with E-state index in [9.17, 15) is 10.1 Å². The normalized spacial score (nSPS) is 11.1. The van der Waals surface area contributed by atoms with Gasteiger partial charge in [0.15, 0.2) is 17.3 Å². The summed E-state index contributed by atoms with van der Waals surface area (Å²) in [5.41, 5.74) is 5.61. The molecule has 8 heteroatoms. The lowest BCUT2D eigenvalue weighted by Gasteiger charge is -2.08. The molecule has 1 aromatic heterocycles. The molecule has 0 amide bonds. The topological polar surface area (TPSA) is 124 Å². The second kappa shape index (κ2) is 5.65. The van der Waals surface area contributed by atoms with Gasteiger partial charge in [0.25, 0.3) is 5.69 Å². The lowest BCUT2D eigenvalue weighted by Crippen LogP contribution is -2.15. The fourth-order valence-electron chi connectivity index (χ4n) is 1.48. The van der Waals surface area contributed by atoms with Gasteiger partial charge in [0, 0.05) is 18.3 Å². The standard InChI is InChI=1S/C12H10N4O4/c13-12(15-17)11-10(2-1-7-14-11)20-9-5-3-8(4-6-9)16(18)19/h1-7,17H,(H2,13,15). The molecule has 3 N–H and O–H groups in total. The number of ether oxygens (including phenoxy) is 1. The van der Waals surface area contributed by atoms with Crippen LogP contribution < -0.4 is 10.5 Å². The molecule has 0 aliphatic rings. The van der Waals surface area contributed by atoms with E-state index in [0.717, 1.165) is 0 Å². The number of rotatable bonds is 4. The SMILES string of the molecule is N/C(=N/O)c1ncccc1Oc1ccc([N+](=O)[O-])cc1. The highest BCUT2D eigenvalue weighted by atomic mass is 16.6. The van der Waals surface area contributed by atoms with E-state index in [1.54, 1.807) is 12.1 Å². The largest absolute Gasteiger partial charge is 0.455 e. The Bertz CT molecular complexity index is 655. The number of aromatic nitrogens is 1. The number of nitro benzene ring substituents is 1. The first kappa shape index (κ1) is 13.3. The number of hydrogen-bond acceptors (Lipinski definition) is 6. The van der Waals surface area contributed by atoms with E-state index in [4.69, 9.17) is 15.7 Å². The Kier molecular flexibility index (Phi) is 3.75. The van der Waals surface area contributed by atoms with Crippen LogP contribution in [-0.2, 0) is 0 Å². The van der Waals surface area contributed by atoms with Crippen molar-refractivity contribution in [2.75, 3.05) is 0 Å².